The van der Waals surface area contributed by atoms with Crippen molar-refractivity contribution in [2.75, 3.05) is 0 Å². The van der Waals surface area contributed by atoms with E-state index in [-0.39, 0.29) is 5.56 Å². The fraction of sp³-hybridized carbons (Fsp3) is 0.111. The molecule has 1 aromatic carbocycles. The molecule has 1 N–H and O–H groups in total. The number of imide groups is 1. The van der Waals surface area contributed by atoms with E-state index in [0.717, 1.165) is 4.47 Å². The van der Waals surface area contributed by atoms with Crippen LogP contribution in [0.2, 0.25) is 5.02 Å². The second kappa shape index (κ2) is 4.57. The van der Waals surface area contributed by atoms with Crippen LogP contribution in [0.4, 0.5) is 0 Å². The zero-order valence-corrected chi connectivity index (χ0v) is 9.65. The Labute approximate surface area is 94.6 Å². The summed E-state index contributed by atoms with van der Waals surface area (Å²) in [6, 6.07) is 4.86. The van der Waals surface area contributed by atoms with Crippen LogP contribution in [0.1, 0.15) is 17.3 Å². The Bertz CT molecular complexity index is 392. The van der Waals surface area contributed by atoms with Gasteiger partial charge in [0.05, 0.1) is 10.6 Å². The molecule has 0 bridgehead atoms. The second-order valence-corrected chi connectivity index (χ2v) is 3.96. The normalized spacial score (nSPS) is 9.64. The molecule has 0 aliphatic heterocycles. The van der Waals surface area contributed by atoms with Crippen LogP contribution in [0.5, 0.6) is 0 Å². The fourth-order valence-electron chi connectivity index (χ4n) is 0.899. The maximum absolute atomic E-state index is 11.4. The maximum atomic E-state index is 11.4. The van der Waals surface area contributed by atoms with Crippen LogP contribution >= 0.6 is 27.5 Å². The van der Waals surface area contributed by atoms with Gasteiger partial charge < -0.3 is 0 Å². The van der Waals surface area contributed by atoms with Gasteiger partial charge in [0.2, 0.25) is 5.91 Å². The Morgan fingerprint density at radius 2 is 2.07 bits per heavy atom. The molecule has 0 unspecified atom stereocenters. The van der Waals surface area contributed by atoms with Crippen molar-refractivity contribution >= 4 is 39.3 Å². The van der Waals surface area contributed by atoms with Gasteiger partial charge in [-0.25, -0.2) is 0 Å². The first kappa shape index (κ1) is 11.2. The molecule has 1 aromatic rings. The highest BCUT2D eigenvalue weighted by Crippen LogP contribution is 2.20. The van der Waals surface area contributed by atoms with E-state index in [1.807, 2.05) is 0 Å². The largest absolute Gasteiger partial charge is 0.293 e. The SMILES string of the molecule is CC(=O)NC(=O)c1cc(Br)ccc1Cl. The van der Waals surface area contributed by atoms with Crippen molar-refractivity contribution in [2.45, 2.75) is 6.92 Å². The minimum atomic E-state index is -0.496. The third kappa shape index (κ3) is 2.82. The van der Waals surface area contributed by atoms with Crippen LogP contribution in [-0.2, 0) is 4.79 Å². The molecular formula is C9H7BrClNO2. The quantitative estimate of drug-likeness (QED) is 0.856. The molecule has 0 spiro atoms. The molecule has 2 amide bonds. The van der Waals surface area contributed by atoms with Crippen molar-refractivity contribution in [1.29, 1.82) is 0 Å². The highest BCUT2D eigenvalue weighted by atomic mass is 79.9. The smallest absolute Gasteiger partial charge is 0.259 e. The summed E-state index contributed by atoms with van der Waals surface area (Å²) in [7, 11) is 0. The van der Waals surface area contributed by atoms with Gasteiger partial charge in [-0.1, -0.05) is 27.5 Å². The Kier molecular flexibility index (Phi) is 3.66. The van der Waals surface area contributed by atoms with Crippen LogP contribution < -0.4 is 5.32 Å². The zero-order chi connectivity index (χ0) is 10.7. The maximum Gasteiger partial charge on any atom is 0.259 e. The third-order valence-corrected chi connectivity index (χ3v) is 2.29. The number of halogens is 2. The lowest BCUT2D eigenvalue weighted by atomic mass is 10.2. The molecule has 3 nitrogen and oxygen atoms in total. The van der Waals surface area contributed by atoms with E-state index in [0.29, 0.717) is 5.02 Å². The first-order chi connectivity index (χ1) is 6.50. The highest BCUT2D eigenvalue weighted by Gasteiger charge is 2.11. The summed E-state index contributed by atoms with van der Waals surface area (Å²) in [6.07, 6.45) is 0. The van der Waals surface area contributed by atoms with Crippen molar-refractivity contribution in [3.63, 3.8) is 0 Å². The number of hydrogen-bond acceptors (Lipinski definition) is 2. The van der Waals surface area contributed by atoms with Gasteiger partial charge in [0, 0.05) is 11.4 Å². The number of nitrogens with one attached hydrogen (secondary N) is 1. The number of carbonyl (C=O) groups is 2. The average Bonchev–Trinajstić information content (AvgIpc) is 2.08. The van der Waals surface area contributed by atoms with E-state index in [1.165, 1.54) is 6.92 Å². The summed E-state index contributed by atoms with van der Waals surface area (Å²) < 4.78 is 0.732. The van der Waals surface area contributed by atoms with Crippen molar-refractivity contribution in [3.8, 4) is 0 Å². The second-order valence-electron chi connectivity index (χ2n) is 2.63. The van der Waals surface area contributed by atoms with Crippen molar-refractivity contribution < 1.29 is 9.59 Å². The predicted octanol–water partition coefficient (Wildman–Crippen LogP) is 2.38. The van der Waals surface area contributed by atoms with E-state index in [1.54, 1.807) is 18.2 Å². The molecule has 0 aromatic heterocycles. The van der Waals surface area contributed by atoms with Crippen molar-refractivity contribution in [2.24, 2.45) is 0 Å². The Morgan fingerprint density at radius 1 is 1.43 bits per heavy atom. The van der Waals surface area contributed by atoms with Crippen LogP contribution in [0, 0.1) is 0 Å². The third-order valence-electron chi connectivity index (χ3n) is 1.46. The Morgan fingerprint density at radius 3 is 2.64 bits per heavy atom. The molecule has 0 saturated carbocycles. The zero-order valence-electron chi connectivity index (χ0n) is 7.30. The molecule has 0 aliphatic carbocycles. The summed E-state index contributed by atoms with van der Waals surface area (Å²) in [5.41, 5.74) is 0.274. The number of rotatable bonds is 1. The van der Waals surface area contributed by atoms with Gasteiger partial charge in [-0.15, -0.1) is 0 Å². The number of benzene rings is 1. The minimum absolute atomic E-state index is 0.274. The van der Waals surface area contributed by atoms with Crippen molar-refractivity contribution in [3.05, 3.63) is 33.3 Å². The summed E-state index contributed by atoms with van der Waals surface area (Å²) in [5, 5.41) is 2.46. The van der Waals surface area contributed by atoms with Gasteiger partial charge in [0.1, 0.15) is 0 Å². The lowest BCUT2D eigenvalue weighted by Crippen LogP contribution is -2.28. The lowest BCUT2D eigenvalue weighted by molar-refractivity contribution is -0.118. The first-order valence-corrected chi connectivity index (χ1v) is 4.95. The van der Waals surface area contributed by atoms with Gasteiger partial charge in [0.25, 0.3) is 5.91 Å². The average molecular weight is 277 g/mol. The monoisotopic (exact) mass is 275 g/mol. The number of carbonyl (C=O) groups excluding carboxylic acids is 2. The molecule has 14 heavy (non-hydrogen) atoms. The topological polar surface area (TPSA) is 46.2 Å². The molecule has 0 fully saturated rings. The van der Waals surface area contributed by atoms with Crippen LogP contribution in [0.15, 0.2) is 22.7 Å². The van der Waals surface area contributed by atoms with Gasteiger partial charge in [-0.3, -0.25) is 14.9 Å². The number of hydrogen-bond donors (Lipinski definition) is 1. The molecule has 1 rings (SSSR count). The van der Waals surface area contributed by atoms with E-state index >= 15 is 0 Å². The molecule has 5 heteroatoms. The van der Waals surface area contributed by atoms with Gasteiger partial charge in [-0.2, -0.15) is 0 Å². The van der Waals surface area contributed by atoms with Gasteiger partial charge in [0.15, 0.2) is 0 Å². The molecule has 0 saturated heterocycles. The Hall–Kier alpha value is -0.870. The van der Waals surface area contributed by atoms with Gasteiger partial charge >= 0.3 is 0 Å². The van der Waals surface area contributed by atoms with Crippen LogP contribution in [-0.4, -0.2) is 11.8 Å². The fourth-order valence-corrected chi connectivity index (χ4v) is 1.46. The standard InChI is InChI=1S/C9H7BrClNO2/c1-5(13)12-9(14)7-4-6(10)2-3-8(7)11/h2-4H,1H3,(H,12,13,14). The lowest BCUT2D eigenvalue weighted by Gasteiger charge is -2.03. The molecule has 0 radical (unpaired) electrons. The summed E-state index contributed by atoms with van der Waals surface area (Å²) in [4.78, 5) is 22.0. The van der Waals surface area contributed by atoms with Gasteiger partial charge in [-0.05, 0) is 18.2 Å². The molecule has 0 aliphatic rings. The first-order valence-electron chi connectivity index (χ1n) is 3.77. The van der Waals surface area contributed by atoms with E-state index < -0.39 is 11.8 Å². The predicted molar refractivity (Wildman–Crippen MR) is 57.3 cm³/mol. The highest BCUT2D eigenvalue weighted by molar-refractivity contribution is 9.10. The summed E-state index contributed by atoms with van der Waals surface area (Å²) in [5.74, 6) is -0.908. The van der Waals surface area contributed by atoms with Crippen LogP contribution in [0.25, 0.3) is 0 Å². The number of amides is 2. The molecule has 0 heterocycles. The van der Waals surface area contributed by atoms with E-state index in [9.17, 15) is 9.59 Å². The molecule has 74 valence electrons. The van der Waals surface area contributed by atoms with E-state index in [4.69, 9.17) is 11.6 Å². The minimum Gasteiger partial charge on any atom is -0.293 e. The summed E-state index contributed by atoms with van der Waals surface area (Å²) >= 11 is 8.99. The molecule has 0 atom stereocenters. The Balaban J connectivity index is 3.00. The molecular weight excluding hydrogens is 269 g/mol. The summed E-state index contributed by atoms with van der Waals surface area (Å²) in [6.45, 7) is 1.27. The van der Waals surface area contributed by atoms with E-state index in [2.05, 4.69) is 21.2 Å². The van der Waals surface area contributed by atoms with Crippen LogP contribution in [0.3, 0.4) is 0 Å². The van der Waals surface area contributed by atoms with Crippen molar-refractivity contribution in [1.82, 2.24) is 5.32 Å².